The molecule has 0 aliphatic rings. The number of hydrogen-bond donors (Lipinski definition) is 1. The Hall–Kier alpha value is -1.32. The number of carbonyl (C=O) groups excluding carboxylic acids is 2. The minimum absolute atomic E-state index is 0.237. The van der Waals surface area contributed by atoms with Gasteiger partial charge in [-0.3, -0.25) is 4.79 Å². The van der Waals surface area contributed by atoms with E-state index in [2.05, 4.69) is 12.2 Å². The molecular weight excluding hydrogens is 230 g/mol. The lowest BCUT2D eigenvalue weighted by molar-refractivity contribution is -0.138. The van der Waals surface area contributed by atoms with Crippen LogP contribution in [0.3, 0.4) is 0 Å². The van der Waals surface area contributed by atoms with E-state index in [0.29, 0.717) is 13.2 Å². The van der Waals surface area contributed by atoms with Crippen molar-refractivity contribution < 1.29 is 14.3 Å². The first-order valence-corrected chi connectivity index (χ1v) is 6.83. The highest BCUT2D eigenvalue weighted by Gasteiger charge is 1.99. The van der Waals surface area contributed by atoms with Crippen molar-refractivity contribution in [2.45, 2.75) is 52.4 Å². The number of esters is 1. The zero-order valence-electron chi connectivity index (χ0n) is 11.5. The molecule has 0 aromatic carbocycles. The molecule has 104 valence electrons. The topological polar surface area (TPSA) is 55.4 Å². The van der Waals surface area contributed by atoms with Gasteiger partial charge in [0, 0.05) is 18.7 Å². The summed E-state index contributed by atoms with van der Waals surface area (Å²) in [4.78, 5) is 22.5. The van der Waals surface area contributed by atoms with Crippen LogP contribution < -0.4 is 5.32 Å². The van der Waals surface area contributed by atoms with Gasteiger partial charge in [0.1, 0.15) is 0 Å². The maximum absolute atomic E-state index is 11.3. The number of hydrogen-bond acceptors (Lipinski definition) is 3. The summed E-state index contributed by atoms with van der Waals surface area (Å²) in [5, 5.41) is 2.73. The molecule has 0 heterocycles. The van der Waals surface area contributed by atoms with Gasteiger partial charge in [-0.15, -0.1) is 0 Å². The summed E-state index contributed by atoms with van der Waals surface area (Å²) >= 11 is 0. The quantitative estimate of drug-likeness (QED) is 0.371. The van der Waals surface area contributed by atoms with E-state index < -0.39 is 5.97 Å². The fourth-order valence-corrected chi connectivity index (χ4v) is 1.33. The van der Waals surface area contributed by atoms with E-state index in [9.17, 15) is 9.59 Å². The van der Waals surface area contributed by atoms with Gasteiger partial charge in [-0.2, -0.15) is 0 Å². The van der Waals surface area contributed by atoms with Gasteiger partial charge in [0.25, 0.3) is 0 Å². The Bertz CT molecular complexity index is 262. The lowest BCUT2D eigenvalue weighted by atomic mass is 10.2. The molecule has 4 nitrogen and oxygen atoms in total. The summed E-state index contributed by atoms with van der Waals surface area (Å²) in [5.74, 6) is -0.691. The lowest BCUT2D eigenvalue weighted by Gasteiger charge is -2.01. The van der Waals surface area contributed by atoms with E-state index in [1.807, 2.05) is 6.92 Å². The summed E-state index contributed by atoms with van der Waals surface area (Å²) in [6, 6.07) is 0. The number of unbranched alkanes of at least 4 members (excludes halogenated alkanes) is 4. The molecule has 18 heavy (non-hydrogen) atoms. The van der Waals surface area contributed by atoms with E-state index >= 15 is 0 Å². The highest BCUT2D eigenvalue weighted by atomic mass is 16.5. The minimum atomic E-state index is -0.454. The number of nitrogens with one attached hydrogen (secondary N) is 1. The predicted octanol–water partition coefficient (Wildman–Crippen LogP) is 2.58. The normalized spacial score (nSPS) is 10.6. The molecule has 1 amide bonds. The van der Waals surface area contributed by atoms with Crippen molar-refractivity contribution in [3.63, 3.8) is 0 Å². The molecule has 0 fully saturated rings. The Balaban J connectivity index is 3.57. The van der Waals surface area contributed by atoms with Crippen molar-refractivity contribution in [3.8, 4) is 0 Å². The maximum Gasteiger partial charge on any atom is 0.330 e. The monoisotopic (exact) mass is 255 g/mol. The highest BCUT2D eigenvalue weighted by Crippen LogP contribution is 1.97. The van der Waals surface area contributed by atoms with Gasteiger partial charge in [-0.1, -0.05) is 39.5 Å². The van der Waals surface area contributed by atoms with Crippen molar-refractivity contribution in [1.29, 1.82) is 0 Å². The molecular formula is C14H25NO3. The average Bonchev–Trinajstić information content (AvgIpc) is 2.36. The molecule has 0 rings (SSSR count). The van der Waals surface area contributed by atoms with Crippen molar-refractivity contribution in [2.24, 2.45) is 0 Å². The van der Waals surface area contributed by atoms with E-state index in [1.165, 1.54) is 25.0 Å². The van der Waals surface area contributed by atoms with Crippen LogP contribution in [0.4, 0.5) is 0 Å². The Morgan fingerprint density at radius 1 is 1.00 bits per heavy atom. The molecule has 0 radical (unpaired) electrons. The van der Waals surface area contributed by atoms with Crippen LogP contribution in [0.1, 0.15) is 52.4 Å². The second-order valence-electron chi connectivity index (χ2n) is 4.21. The predicted molar refractivity (Wildman–Crippen MR) is 72.2 cm³/mol. The van der Waals surface area contributed by atoms with Crippen LogP contribution >= 0.6 is 0 Å². The van der Waals surface area contributed by atoms with E-state index in [0.717, 1.165) is 25.7 Å². The molecule has 0 aromatic heterocycles. The molecule has 4 heteroatoms. The second kappa shape index (κ2) is 12.1. The van der Waals surface area contributed by atoms with Crippen LogP contribution in [0.2, 0.25) is 0 Å². The van der Waals surface area contributed by atoms with Gasteiger partial charge >= 0.3 is 5.97 Å². The average molecular weight is 255 g/mol. The Morgan fingerprint density at radius 3 is 2.39 bits per heavy atom. The number of rotatable bonds is 10. The first kappa shape index (κ1) is 16.7. The van der Waals surface area contributed by atoms with Crippen LogP contribution in [0.5, 0.6) is 0 Å². The standard InChI is InChI=1S/C14H25NO3/c1-3-5-7-8-11-15-13(16)9-10-14(17)18-12-6-4-2/h9-10H,3-8,11-12H2,1-2H3,(H,15,16). The zero-order valence-corrected chi connectivity index (χ0v) is 11.5. The van der Waals surface area contributed by atoms with Gasteiger partial charge in [0.15, 0.2) is 0 Å². The largest absolute Gasteiger partial charge is 0.463 e. The van der Waals surface area contributed by atoms with Crippen molar-refractivity contribution in [2.75, 3.05) is 13.2 Å². The summed E-state index contributed by atoms with van der Waals surface area (Å²) in [7, 11) is 0. The maximum atomic E-state index is 11.3. The molecule has 0 bridgehead atoms. The molecule has 0 spiro atoms. The van der Waals surface area contributed by atoms with Crippen molar-refractivity contribution in [3.05, 3.63) is 12.2 Å². The summed E-state index contributed by atoms with van der Waals surface area (Å²) in [6.07, 6.45) is 8.71. The van der Waals surface area contributed by atoms with E-state index in [1.54, 1.807) is 0 Å². The van der Waals surface area contributed by atoms with Crippen LogP contribution in [0, 0.1) is 0 Å². The van der Waals surface area contributed by atoms with Gasteiger partial charge < -0.3 is 10.1 Å². The fourth-order valence-electron chi connectivity index (χ4n) is 1.33. The number of carbonyl (C=O) groups is 2. The van der Waals surface area contributed by atoms with Crippen LogP contribution in [-0.4, -0.2) is 25.0 Å². The molecule has 0 saturated carbocycles. The van der Waals surface area contributed by atoms with E-state index in [4.69, 9.17) is 4.74 Å². The number of ether oxygens (including phenoxy) is 1. The molecule has 0 unspecified atom stereocenters. The van der Waals surface area contributed by atoms with Gasteiger partial charge in [0.05, 0.1) is 6.61 Å². The van der Waals surface area contributed by atoms with Crippen LogP contribution in [0.25, 0.3) is 0 Å². The summed E-state index contributed by atoms with van der Waals surface area (Å²) in [5.41, 5.74) is 0. The molecule has 0 atom stereocenters. The van der Waals surface area contributed by atoms with Crippen molar-refractivity contribution in [1.82, 2.24) is 5.32 Å². The van der Waals surface area contributed by atoms with Crippen LogP contribution in [-0.2, 0) is 14.3 Å². The third-order valence-corrected chi connectivity index (χ3v) is 2.44. The summed E-state index contributed by atoms with van der Waals surface area (Å²) < 4.78 is 4.88. The van der Waals surface area contributed by atoms with Gasteiger partial charge in [0.2, 0.25) is 5.91 Å². The summed E-state index contributed by atoms with van der Waals surface area (Å²) in [6.45, 7) is 5.24. The fraction of sp³-hybridized carbons (Fsp3) is 0.714. The molecule has 1 N–H and O–H groups in total. The lowest BCUT2D eigenvalue weighted by Crippen LogP contribution is -2.22. The SMILES string of the molecule is CCCCCCNC(=O)C=CC(=O)OCCCC. The third-order valence-electron chi connectivity index (χ3n) is 2.44. The first-order valence-electron chi connectivity index (χ1n) is 6.83. The van der Waals surface area contributed by atoms with Gasteiger partial charge in [-0.25, -0.2) is 4.79 Å². The van der Waals surface area contributed by atoms with Gasteiger partial charge in [-0.05, 0) is 12.8 Å². The second-order valence-corrected chi connectivity index (χ2v) is 4.21. The third kappa shape index (κ3) is 11.2. The Kier molecular flexibility index (Phi) is 11.3. The zero-order chi connectivity index (χ0) is 13.6. The molecule has 0 aliphatic carbocycles. The van der Waals surface area contributed by atoms with Crippen LogP contribution in [0.15, 0.2) is 12.2 Å². The molecule has 0 aromatic rings. The van der Waals surface area contributed by atoms with E-state index in [-0.39, 0.29) is 5.91 Å². The minimum Gasteiger partial charge on any atom is -0.463 e. The molecule has 0 aliphatic heterocycles. The number of amides is 1. The molecule has 0 saturated heterocycles. The Labute approximate surface area is 110 Å². The highest BCUT2D eigenvalue weighted by molar-refractivity contribution is 5.94. The van der Waals surface area contributed by atoms with Crippen molar-refractivity contribution >= 4 is 11.9 Å². The first-order chi connectivity index (χ1) is 8.70. The Morgan fingerprint density at radius 2 is 1.72 bits per heavy atom. The smallest absolute Gasteiger partial charge is 0.330 e.